The number of para-hydroxylation sites is 4. The van der Waals surface area contributed by atoms with Crippen LogP contribution in [0.2, 0.25) is 0 Å². The van der Waals surface area contributed by atoms with Crippen LogP contribution in [-0.2, 0) is 32.5 Å². The van der Waals surface area contributed by atoms with Crippen molar-refractivity contribution in [2.75, 3.05) is 11.6 Å². The topological polar surface area (TPSA) is 98.9 Å². The van der Waals surface area contributed by atoms with Crippen LogP contribution in [0.25, 0.3) is 22.1 Å². The lowest BCUT2D eigenvalue weighted by Crippen LogP contribution is -2.27. The standard InChI is InChI=1S/C22H25N5O3S/c1-22(2,3)27-18-12-8-6-10-16(18)24-21(27)25-20(28)13-26-17-11-7-5-9-15(17)23-19(26)14-31(4,29)30/h5-12H,13-14H2,1-4H3,(H,24,25,28). The largest absolute Gasteiger partial charge is 0.318 e. The number of fused-ring (bicyclic) bond motifs is 2. The Morgan fingerprint density at radius 3 is 2.16 bits per heavy atom. The van der Waals surface area contributed by atoms with Gasteiger partial charge in [-0.2, -0.15) is 0 Å². The van der Waals surface area contributed by atoms with E-state index in [1.807, 2.05) is 67.8 Å². The first-order valence-corrected chi connectivity index (χ1v) is 12.0. The second-order valence-corrected chi connectivity index (χ2v) is 10.8. The molecule has 0 saturated carbocycles. The highest BCUT2D eigenvalue weighted by molar-refractivity contribution is 7.89. The summed E-state index contributed by atoms with van der Waals surface area (Å²) in [5, 5.41) is 2.91. The van der Waals surface area contributed by atoms with Gasteiger partial charge in [0.2, 0.25) is 11.9 Å². The molecule has 0 bridgehead atoms. The highest BCUT2D eigenvalue weighted by Gasteiger charge is 2.23. The van der Waals surface area contributed by atoms with Gasteiger partial charge in [-0.15, -0.1) is 0 Å². The summed E-state index contributed by atoms with van der Waals surface area (Å²) in [4.78, 5) is 22.1. The molecule has 162 valence electrons. The number of carbonyl (C=O) groups excluding carboxylic acids is 1. The van der Waals surface area contributed by atoms with Crippen molar-refractivity contribution in [3.8, 4) is 0 Å². The van der Waals surface area contributed by atoms with Crippen LogP contribution in [0.15, 0.2) is 48.5 Å². The summed E-state index contributed by atoms with van der Waals surface area (Å²) in [6.07, 6.45) is 1.16. The molecule has 9 heteroatoms. The average molecular weight is 440 g/mol. The minimum Gasteiger partial charge on any atom is -0.318 e. The molecule has 2 aromatic carbocycles. The Labute approximate surface area is 180 Å². The molecule has 1 amide bonds. The normalized spacial score (nSPS) is 12.5. The number of imidazole rings is 2. The fourth-order valence-electron chi connectivity index (χ4n) is 3.74. The Kier molecular flexibility index (Phi) is 5.09. The van der Waals surface area contributed by atoms with Gasteiger partial charge in [0.05, 0.1) is 22.1 Å². The van der Waals surface area contributed by atoms with Gasteiger partial charge in [0, 0.05) is 11.8 Å². The molecule has 0 unspecified atom stereocenters. The first kappa shape index (κ1) is 21.0. The zero-order valence-electron chi connectivity index (χ0n) is 18.0. The summed E-state index contributed by atoms with van der Waals surface area (Å²) in [6, 6.07) is 15.0. The van der Waals surface area contributed by atoms with E-state index in [0.29, 0.717) is 22.8 Å². The lowest BCUT2D eigenvalue weighted by Gasteiger charge is -2.24. The minimum absolute atomic E-state index is 0.0707. The first-order chi connectivity index (χ1) is 14.5. The molecule has 0 radical (unpaired) electrons. The Morgan fingerprint density at radius 2 is 1.55 bits per heavy atom. The summed E-state index contributed by atoms with van der Waals surface area (Å²) in [5.41, 5.74) is 2.77. The summed E-state index contributed by atoms with van der Waals surface area (Å²) in [7, 11) is -3.32. The van der Waals surface area contributed by atoms with Gasteiger partial charge in [0.1, 0.15) is 18.1 Å². The number of benzene rings is 2. The van der Waals surface area contributed by atoms with E-state index < -0.39 is 9.84 Å². The lowest BCUT2D eigenvalue weighted by molar-refractivity contribution is -0.116. The molecule has 0 saturated heterocycles. The SMILES string of the molecule is CC(C)(C)n1c(NC(=O)Cn2c(CS(C)(=O)=O)nc3ccccc32)nc2ccccc21. The number of aromatic nitrogens is 4. The number of anilines is 1. The number of rotatable bonds is 5. The van der Waals surface area contributed by atoms with E-state index >= 15 is 0 Å². The smallest absolute Gasteiger partial charge is 0.246 e. The maximum atomic E-state index is 13.0. The van der Waals surface area contributed by atoms with Crippen LogP contribution in [0.5, 0.6) is 0 Å². The van der Waals surface area contributed by atoms with Gasteiger partial charge >= 0.3 is 0 Å². The van der Waals surface area contributed by atoms with Crippen molar-refractivity contribution in [2.24, 2.45) is 0 Å². The van der Waals surface area contributed by atoms with Gasteiger partial charge < -0.3 is 9.13 Å². The molecule has 31 heavy (non-hydrogen) atoms. The van der Waals surface area contributed by atoms with E-state index in [-0.39, 0.29) is 23.7 Å². The Balaban J connectivity index is 1.71. The minimum atomic E-state index is -3.32. The molecule has 8 nitrogen and oxygen atoms in total. The molecule has 0 aliphatic rings. The number of nitrogens with one attached hydrogen (secondary N) is 1. The maximum Gasteiger partial charge on any atom is 0.246 e. The van der Waals surface area contributed by atoms with Crippen LogP contribution in [-0.4, -0.2) is 39.7 Å². The zero-order chi connectivity index (χ0) is 22.4. The highest BCUT2D eigenvalue weighted by Crippen LogP contribution is 2.28. The Bertz CT molecular complexity index is 1390. The van der Waals surface area contributed by atoms with Crippen molar-refractivity contribution < 1.29 is 13.2 Å². The third-order valence-electron chi connectivity index (χ3n) is 4.91. The van der Waals surface area contributed by atoms with Crippen LogP contribution < -0.4 is 5.32 Å². The van der Waals surface area contributed by atoms with E-state index in [2.05, 4.69) is 15.3 Å². The van der Waals surface area contributed by atoms with Crippen LogP contribution in [0.1, 0.15) is 26.6 Å². The lowest BCUT2D eigenvalue weighted by atomic mass is 10.1. The number of nitrogens with zero attached hydrogens (tertiary/aromatic N) is 4. The van der Waals surface area contributed by atoms with Crippen molar-refractivity contribution in [2.45, 2.75) is 38.6 Å². The van der Waals surface area contributed by atoms with E-state index in [1.54, 1.807) is 10.6 Å². The number of amides is 1. The molecule has 0 aliphatic carbocycles. The van der Waals surface area contributed by atoms with Crippen molar-refractivity contribution in [1.29, 1.82) is 0 Å². The molecule has 0 atom stereocenters. The Hall–Kier alpha value is -3.20. The van der Waals surface area contributed by atoms with Gasteiger partial charge in [-0.3, -0.25) is 10.1 Å². The molecular formula is C22H25N5O3S. The van der Waals surface area contributed by atoms with E-state index in [4.69, 9.17) is 0 Å². The van der Waals surface area contributed by atoms with Crippen molar-refractivity contribution in [1.82, 2.24) is 19.1 Å². The first-order valence-electron chi connectivity index (χ1n) is 9.92. The van der Waals surface area contributed by atoms with Gasteiger partial charge in [-0.25, -0.2) is 18.4 Å². The van der Waals surface area contributed by atoms with E-state index in [0.717, 1.165) is 17.3 Å². The highest BCUT2D eigenvalue weighted by atomic mass is 32.2. The van der Waals surface area contributed by atoms with Crippen LogP contribution in [0.4, 0.5) is 5.95 Å². The zero-order valence-corrected chi connectivity index (χ0v) is 18.8. The molecule has 2 aromatic heterocycles. The quantitative estimate of drug-likeness (QED) is 0.514. The van der Waals surface area contributed by atoms with Crippen molar-refractivity contribution >= 4 is 43.8 Å². The van der Waals surface area contributed by atoms with Crippen LogP contribution in [0, 0.1) is 0 Å². The maximum absolute atomic E-state index is 13.0. The summed E-state index contributed by atoms with van der Waals surface area (Å²) >= 11 is 0. The van der Waals surface area contributed by atoms with Crippen molar-refractivity contribution in [3.05, 3.63) is 54.4 Å². The average Bonchev–Trinajstić information content (AvgIpc) is 3.18. The van der Waals surface area contributed by atoms with Crippen LogP contribution >= 0.6 is 0 Å². The monoisotopic (exact) mass is 439 g/mol. The predicted octanol–water partition coefficient (Wildman–Crippen LogP) is 3.32. The molecule has 4 rings (SSSR count). The predicted molar refractivity (Wildman–Crippen MR) is 122 cm³/mol. The van der Waals surface area contributed by atoms with Gasteiger partial charge in [-0.1, -0.05) is 24.3 Å². The second-order valence-electron chi connectivity index (χ2n) is 8.65. The third kappa shape index (κ3) is 4.32. The molecule has 2 heterocycles. The molecule has 1 N–H and O–H groups in total. The molecule has 4 aromatic rings. The number of sulfone groups is 1. The Morgan fingerprint density at radius 1 is 0.968 bits per heavy atom. The van der Waals surface area contributed by atoms with E-state index in [1.165, 1.54) is 0 Å². The van der Waals surface area contributed by atoms with Gasteiger partial charge in [-0.05, 0) is 45.0 Å². The molecule has 0 spiro atoms. The summed E-state index contributed by atoms with van der Waals surface area (Å²) in [5.74, 6) is 0.241. The van der Waals surface area contributed by atoms with Gasteiger partial charge in [0.25, 0.3) is 0 Å². The van der Waals surface area contributed by atoms with E-state index in [9.17, 15) is 13.2 Å². The summed E-state index contributed by atoms with van der Waals surface area (Å²) in [6.45, 7) is 6.07. The van der Waals surface area contributed by atoms with Crippen molar-refractivity contribution in [3.63, 3.8) is 0 Å². The number of hydrogen-bond acceptors (Lipinski definition) is 5. The fraction of sp³-hybridized carbons (Fsp3) is 0.318. The third-order valence-corrected chi connectivity index (χ3v) is 5.69. The second kappa shape index (κ2) is 7.49. The van der Waals surface area contributed by atoms with Gasteiger partial charge in [0.15, 0.2) is 9.84 Å². The van der Waals surface area contributed by atoms with Crippen LogP contribution in [0.3, 0.4) is 0 Å². The summed E-state index contributed by atoms with van der Waals surface area (Å²) < 4.78 is 27.4. The number of hydrogen-bond donors (Lipinski definition) is 1. The molecular weight excluding hydrogens is 414 g/mol. The number of carbonyl (C=O) groups is 1. The molecule has 0 fully saturated rings. The molecule has 0 aliphatic heterocycles. The fourth-order valence-corrected chi connectivity index (χ4v) is 4.43.